The first-order valence-electron chi connectivity index (χ1n) is 13.9. The molecule has 3 rings (SSSR count). The Morgan fingerprint density at radius 2 is 1.70 bits per heavy atom. The third kappa shape index (κ3) is 6.84. The molecule has 0 radical (unpaired) electrons. The van der Waals surface area contributed by atoms with Gasteiger partial charge in [-0.15, -0.1) is 11.3 Å². The average Bonchev–Trinajstić information content (AvgIpc) is 3.31. The van der Waals surface area contributed by atoms with E-state index in [4.69, 9.17) is 4.74 Å². The summed E-state index contributed by atoms with van der Waals surface area (Å²) in [5.41, 5.74) is 1.57. The van der Waals surface area contributed by atoms with E-state index in [0.29, 0.717) is 56.3 Å². The number of sulfonamides is 1. The number of unbranched alkanes of at least 4 members (excludes halogenated alkanes) is 1. The van der Waals surface area contributed by atoms with Crippen molar-refractivity contribution in [2.45, 2.75) is 65.3 Å². The first-order valence-corrected chi connectivity index (χ1v) is 16.1. The van der Waals surface area contributed by atoms with E-state index in [9.17, 15) is 22.8 Å². The normalized spacial score (nSPS) is 13.2. The Morgan fingerprint density at radius 3 is 2.27 bits per heavy atom. The number of hydrogen-bond acceptors (Lipinski definition) is 7. The Morgan fingerprint density at radius 1 is 1.02 bits per heavy atom. The van der Waals surface area contributed by atoms with E-state index in [0.717, 1.165) is 23.3 Å². The molecule has 0 spiro atoms. The van der Waals surface area contributed by atoms with Crippen LogP contribution in [0.2, 0.25) is 0 Å². The van der Waals surface area contributed by atoms with Crippen LogP contribution in [0.25, 0.3) is 0 Å². The number of rotatable bonds is 12. The average molecular weight is 593 g/mol. The minimum atomic E-state index is -3.67. The molecule has 220 valence electrons. The van der Waals surface area contributed by atoms with Crippen molar-refractivity contribution >= 4 is 44.3 Å². The first kappa shape index (κ1) is 31.6. The highest BCUT2D eigenvalue weighted by atomic mass is 32.2. The first-order chi connectivity index (χ1) is 19.1. The van der Waals surface area contributed by atoms with Gasteiger partial charge in [0.15, 0.2) is 0 Å². The summed E-state index contributed by atoms with van der Waals surface area (Å²) in [7, 11) is -3.67. The molecular weight excluding hydrogens is 552 g/mol. The van der Waals surface area contributed by atoms with E-state index in [1.807, 2.05) is 20.8 Å². The predicted molar refractivity (Wildman–Crippen MR) is 156 cm³/mol. The van der Waals surface area contributed by atoms with Gasteiger partial charge in [-0.2, -0.15) is 4.31 Å². The largest absolute Gasteiger partial charge is 0.450 e. The molecule has 1 aliphatic heterocycles. The molecule has 0 atom stereocenters. The third-order valence-electron chi connectivity index (χ3n) is 6.94. The van der Waals surface area contributed by atoms with Crippen LogP contribution in [0.4, 0.5) is 9.80 Å². The lowest BCUT2D eigenvalue weighted by Crippen LogP contribution is -2.37. The van der Waals surface area contributed by atoms with Crippen LogP contribution >= 0.6 is 11.3 Å². The SMILES string of the molecule is CCCCN(CC)S(=O)(=O)c1ccc(C(=O)Nc2sc3c(c2C(=O)N(CC)CC)CCN(C(=O)OCC)C3)cc1. The number of fused-ring (bicyclic) bond motifs is 1. The maximum atomic E-state index is 13.5. The summed E-state index contributed by atoms with van der Waals surface area (Å²) < 4.78 is 32.7. The smallest absolute Gasteiger partial charge is 0.410 e. The van der Waals surface area contributed by atoms with E-state index < -0.39 is 22.0 Å². The highest BCUT2D eigenvalue weighted by Crippen LogP contribution is 2.38. The van der Waals surface area contributed by atoms with Crippen LogP contribution in [-0.4, -0.2) is 79.8 Å². The quantitative estimate of drug-likeness (QED) is 0.378. The number of thiophene rings is 1. The number of anilines is 1. The topological polar surface area (TPSA) is 116 Å². The molecular formula is C28H40N4O6S2. The Balaban J connectivity index is 1.89. The molecule has 2 aromatic rings. The molecule has 12 heteroatoms. The lowest BCUT2D eigenvalue weighted by Gasteiger charge is -2.27. The fourth-order valence-corrected chi connectivity index (χ4v) is 7.38. The maximum Gasteiger partial charge on any atom is 0.410 e. The highest BCUT2D eigenvalue weighted by molar-refractivity contribution is 7.89. The molecule has 0 bridgehead atoms. The number of amides is 3. The number of nitrogens with one attached hydrogen (secondary N) is 1. The fraction of sp³-hybridized carbons (Fsp3) is 0.536. The molecule has 0 saturated heterocycles. The van der Waals surface area contributed by atoms with E-state index in [2.05, 4.69) is 5.32 Å². The van der Waals surface area contributed by atoms with Gasteiger partial charge in [-0.1, -0.05) is 20.3 Å². The molecule has 3 amide bonds. The van der Waals surface area contributed by atoms with Gasteiger partial charge < -0.3 is 19.9 Å². The monoisotopic (exact) mass is 592 g/mol. The van der Waals surface area contributed by atoms with Gasteiger partial charge in [0.1, 0.15) is 5.00 Å². The molecule has 1 aromatic carbocycles. The number of ether oxygens (including phenoxy) is 1. The van der Waals surface area contributed by atoms with Crippen LogP contribution in [0.3, 0.4) is 0 Å². The number of benzene rings is 1. The summed E-state index contributed by atoms with van der Waals surface area (Å²) in [6, 6.07) is 5.85. The lowest BCUT2D eigenvalue weighted by atomic mass is 10.0. The summed E-state index contributed by atoms with van der Waals surface area (Å²) in [5.74, 6) is -0.618. The molecule has 0 fully saturated rings. The van der Waals surface area contributed by atoms with E-state index in [1.165, 1.54) is 39.9 Å². The summed E-state index contributed by atoms with van der Waals surface area (Å²) in [5, 5.41) is 3.32. The standard InChI is InChI=1S/C28H40N4O6S2/c1-6-11-17-32(9-4)40(36,37)21-14-12-20(13-15-21)25(33)29-26-24(27(34)30(7-2)8-3)22-16-18-31(19-23(22)39-26)28(35)38-10-5/h12-15H,6-11,16-19H2,1-5H3,(H,29,33). The summed E-state index contributed by atoms with van der Waals surface area (Å²) in [6.07, 6.45) is 1.72. The zero-order valence-electron chi connectivity index (χ0n) is 24.0. The van der Waals surface area contributed by atoms with Gasteiger partial charge in [0.05, 0.1) is 23.6 Å². The number of carbonyl (C=O) groups excluding carboxylic acids is 3. The number of hydrogen-bond donors (Lipinski definition) is 1. The second-order valence-electron chi connectivity index (χ2n) is 9.38. The van der Waals surface area contributed by atoms with Crippen LogP contribution < -0.4 is 5.32 Å². The van der Waals surface area contributed by atoms with Gasteiger partial charge in [0.25, 0.3) is 11.8 Å². The van der Waals surface area contributed by atoms with E-state index >= 15 is 0 Å². The number of carbonyl (C=O) groups is 3. The second kappa shape index (κ2) is 14.1. The van der Waals surface area contributed by atoms with Crippen molar-refractivity contribution in [1.82, 2.24) is 14.1 Å². The van der Waals surface area contributed by atoms with Gasteiger partial charge in [-0.3, -0.25) is 9.59 Å². The molecule has 0 aliphatic carbocycles. The van der Waals surface area contributed by atoms with Crippen molar-refractivity contribution in [2.24, 2.45) is 0 Å². The van der Waals surface area contributed by atoms with Gasteiger partial charge in [-0.25, -0.2) is 13.2 Å². The number of nitrogens with zero attached hydrogens (tertiary/aromatic N) is 3. The predicted octanol–water partition coefficient (Wildman–Crippen LogP) is 4.81. The summed E-state index contributed by atoms with van der Waals surface area (Å²) >= 11 is 1.28. The molecule has 1 N–H and O–H groups in total. The Kier molecular flexibility index (Phi) is 11.1. The second-order valence-corrected chi connectivity index (χ2v) is 12.4. The van der Waals surface area contributed by atoms with Crippen LogP contribution in [0.15, 0.2) is 29.2 Å². The lowest BCUT2D eigenvalue weighted by molar-refractivity contribution is 0.0772. The molecule has 1 aliphatic rings. The van der Waals surface area contributed by atoms with Crippen molar-refractivity contribution in [3.63, 3.8) is 0 Å². The van der Waals surface area contributed by atoms with Gasteiger partial charge in [-0.05, 0) is 63.4 Å². The minimum absolute atomic E-state index is 0.130. The molecule has 10 nitrogen and oxygen atoms in total. The fourth-order valence-electron chi connectivity index (χ4n) is 4.64. The van der Waals surface area contributed by atoms with Crippen LogP contribution in [0, 0.1) is 0 Å². The molecule has 0 saturated carbocycles. The van der Waals surface area contributed by atoms with Crippen molar-refractivity contribution < 1.29 is 27.5 Å². The highest BCUT2D eigenvalue weighted by Gasteiger charge is 2.32. The van der Waals surface area contributed by atoms with Crippen molar-refractivity contribution in [3.05, 3.63) is 45.8 Å². The van der Waals surface area contributed by atoms with Crippen molar-refractivity contribution in [1.29, 1.82) is 0 Å². The summed E-state index contributed by atoms with van der Waals surface area (Å²) in [4.78, 5) is 43.4. The molecule has 0 unspecified atom stereocenters. The van der Waals surface area contributed by atoms with Gasteiger partial charge in [0, 0.05) is 43.2 Å². The van der Waals surface area contributed by atoms with Crippen LogP contribution in [0.1, 0.15) is 78.6 Å². The van der Waals surface area contributed by atoms with Gasteiger partial charge in [0.2, 0.25) is 10.0 Å². The summed E-state index contributed by atoms with van der Waals surface area (Å²) in [6.45, 7) is 12.2. The maximum absolute atomic E-state index is 13.5. The van der Waals surface area contributed by atoms with Crippen LogP contribution in [-0.2, 0) is 27.7 Å². The third-order valence-corrected chi connectivity index (χ3v) is 10.1. The Hall–Kier alpha value is -2.96. The minimum Gasteiger partial charge on any atom is -0.450 e. The Labute approximate surface area is 241 Å². The van der Waals surface area contributed by atoms with Crippen LogP contribution in [0.5, 0.6) is 0 Å². The van der Waals surface area contributed by atoms with Crippen molar-refractivity contribution in [2.75, 3.05) is 44.6 Å². The van der Waals surface area contributed by atoms with Crippen molar-refractivity contribution in [3.8, 4) is 0 Å². The zero-order valence-corrected chi connectivity index (χ0v) is 25.6. The molecule has 40 heavy (non-hydrogen) atoms. The molecule has 1 aromatic heterocycles. The van der Waals surface area contributed by atoms with Gasteiger partial charge >= 0.3 is 6.09 Å². The van der Waals surface area contributed by atoms with E-state index in [-0.39, 0.29) is 23.0 Å². The zero-order chi connectivity index (χ0) is 29.4. The molecule has 2 heterocycles. The van der Waals surface area contributed by atoms with E-state index in [1.54, 1.807) is 23.6 Å². The Bertz CT molecular complexity index is 1300.